The standard InChI is InChI=1S/C24H18F3NO5/c1-32-21(29)16-12-14(17-7-3-4-9-19(17)22(30)33-2)11-15(13-16)18-8-5-6-10-20(18)28-23(31)24(25,26)27/h3-13H,1-2H3,(H,28,31). The van der Waals surface area contributed by atoms with Gasteiger partial charge in [0.1, 0.15) is 0 Å². The maximum atomic E-state index is 12.8. The zero-order valence-electron chi connectivity index (χ0n) is 17.5. The molecule has 0 spiro atoms. The number of benzene rings is 3. The molecule has 3 aromatic rings. The zero-order valence-corrected chi connectivity index (χ0v) is 17.5. The van der Waals surface area contributed by atoms with Crippen LogP contribution in [0.4, 0.5) is 18.9 Å². The Hall–Kier alpha value is -4.14. The first kappa shape index (κ1) is 23.5. The van der Waals surface area contributed by atoms with Gasteiger partial charge in [0.2, 0.25) is 0 Å². The number of methoxy groups -OCH3 is 2. The molecule has 0 fully saturated rings. The molecule has 3 rings (SSSR count). The van der Waals surface area contributed by atoms with Gasteiger partial charge in [0.05, 0.1) is 25.3 Å². The van der Waals surface area contributed by atoms with Gasteiger partial charge in [0, 0.05) is 11.3 Å². The summed E-state index contributed by atoms with van der Waals surface area (Å²) in [6, 6.07) is 16.9. The van der Waals surface area contributed by atoms with Crippen molar-refractivity contribution in [3.8, 4) is 22.3 Å². The fourth-order valence-electron chi connectivity index (χ4n) is 3.23. The predicted octanol–water partition coefficient (Wildman–Crippen LogP) is 5.09. The van der Waals surface area contributed by atoms with Crippen LogP contribution < -0.4 is 5.32 Å². The Morgan fingerprint density at radius 3 is 1.91 bits per heavy atom. The van der Waals surface area contributed by atoms with Gasteiger partial charge < -0.3 is 14.8 Å². The highest BCUT2D eigenvalue weighted by molar-refractivity contribution is 6.02. The summed E-state index contributed by atoms with van der Waals surface area (Å²) in [6.07, 6.45) is -5.08. The van der Waals surface area contributed by atoms with Crippen LogP contribution in [0, 0.1) is 0 Å². The first-order valence-corrected chi connectivity index (χ1v) is 9.54. The van der Waals surface area contributed by atoms with Gasteiger partial charge in [-0.3, -0.25) is 4.79 Å². The molecule has 0 unspecified atom stereocenters. The van der Waals surface area contributed by atoms with E-state index in [0.717, 1.165) is 0 Å². The van der Waals surface area contributed by atoms with Crippen LogP contribution in [0.15, 0.2) is 66.7 Å². The van der Waals surface area contributed by atoms with Crippen LogP contribution in [-0.2, 0) is 14.3 Å². The Balaban J connectivity index is 2.21. The molecule has 0 bridgehead atoms. The Morgan fingerprint density at radius 2 is 1.30 bits per heavy atom. The number of halogens is 3. The van der Waals surface area contributed by atoms with Crippen molar-refractivity contribution in [1.29, 1.82) is 0 Å². The molecule has 0 aliphatic carbocycles. The van der Waals surface area contributed by atoms with E-state index in [9.17, 15) is 27.6 Å². The maximum absolute atomic E-state index is 12.8. The van der Waals surface area contributed by atoms with E-state index in [1.165, 1.54) is 44.6 Å². The molecule has 0 saturated heterocycles. The Morgan fingerprint density at radius 1 is 0.758 bits per heavy atom. The number of ether oxygens (including phenoxy) is 2. The highest BCUT2D eigenvalue weighted by Crippen LogP contribution is 2.35. The maximum Gasteiger partial charge on any atom is 0.471 e. The number of amides is 1. The summed E-state index contributed by atoms with van der Waals surface area (Å²) < 4.78 is 48.1. The average Bonchev–Trinajstić information content (AvgIpc) is 2.82. The van der Waals surface area contributed by atoms with Crippen molar-refractivity contribution in [3.63, 3.8) is 0 Å². The molecule has 1 N–H and O–H groups in total. The lowest BCUT2D eigenvalue weighted by Crippen LogP contribution is -2.30. The van der Waals surface area contributed by atoms with Crippen LogP contribution in [0.2, 0.25) is 0 Å². The summed E-state index contributed by atoms with van der Waals surface area (Å²) in [5.41, 5.74) is 1.64. The minimum atomic E-state index is -5.08. The molecule has 0 saturated carbocycles. The minimum Gasteiger partial charge on any atom is -0.465 e. The Labute approximate surface area is 186 Å². The van der Waals surface area contributed by atoms with Crippen LogP contribution in [0.25, 0.3) is 22.3 Å². The van der Waals surface area contributed by atoms with Gasteiger partial charge in [-0.15, -0.1) is 0 Å². The van der Waals surface area contributed by atoms with Crippen molar-refractivity contribution in [1.82, 2.24) is 0 Å². The summed E-state index contributed by atoms with van der Waals surface area (Å²) in [5, 5.41) is 1.86. The van der Waals surface area contributed by atoms with E-state index in [1.807, 2.05) is 5.32 Å². The number of hydrogen-bond donors (Lipinski definition) is 1. The van der Waals surface area contributed by atoms with Gasteiger partial charge in [-0.25, -0.2) is 9.59 Å². The van der Waals surface area contributed by atoms with Gasteiger partial charge in [0.15, 0.2) is 0 Å². The number of hydrogen-bond acceptors (Lipinski definition) is 5. The Bertz CT molecular complexity index is 1220. The van der Waals surface area contributed by atoms with E-state index in [4.69, 9.17) is 9.47 Å². The summed E-state index contributed by atoms with van der Waals surface area (Å²) >= 11 is 0. The highest BCUT2D eigenvalue weighted by Gasteiger charge is 2.39. The Kier molecular flexibility index (Phi) is 6.81. The lowest BCUT2D eigenvalue weighted by atomic mass is 9.93. The van der Waals surface area contributed by atoms with Crippen LogP contribution in [0.1, 0.15) is 20.7 Å². The molecule has 6 nitrogen and oxygen atoms in total. The largest absolute Gasteiger partial charge is 0.471 e. The number of para-hydroxylation sites is 1. The molecular weight excluding hydrogens is 439 g/mol. The van der Waals surface area contributed by atoms with Crippen molar-refractivity contribution in [2.45, 2.75) is 6.18 Å². The molecule has 0 aliphatic heterocycles. The van der Waals surface area contributed by atoms with Crippen molar-refractivity contribution in [2.24, 2.45) is 0 Å². The van der Waals surface area contributed by atoms with Gasteiger partial charge in [-0.05, 0) is 47.0 Å². The molecule has 3 aromatic carbocycles. The van der Waals surface area contributed by atoms with Crippen molar-refractivity contribution >= 4 is 23.5 Å². The second-order valence-electron chi connectivity index (χ2n) is 6.83. The van der Waals surface area contributed by atoms with Crippen molar-refractivity contribution in [3.05, 3.63) is 77.9 Å². The quantitative estimate of drug-likeness (QED) is 0.540. The molecular formula is C24H18F3NO5. The third-order valence-corrected chi connectivity index (χ3v) is 4.74. The highest BCUT2D eigenvalue weighted by atomic mass is 19.4. The van der Waals surface area contributed by atoms with Crippen LogP contribution in [0.5, 0.6) is 0 Å². The molecule has 0 aliphatic rings. The lowest BCUT2D eigenvalue weighted by Gasteiger charge is -2.15. The number of anilines is 1. The lowest BCUT2D eigenvalue weighted by molar-refractivity contribution is -0.167. The third kappa shape index (κ3) is 5.20. The van der Waals surface area contributed by atoms with Crippen LogP contribution in [0.3, 0.4) is 0 Å². The van der Waals surface area contributed by atoms with E-state index in [2.05, 4.69) is 0 Å². The first-order chi connectivity index (χ1) is 15.7. The van der Waals surface area contributed by atoms with Crippen molar-refractivity contribution < 1.29 is 37.0 Å². The van der Waals surface area contributed by atoms with E-state index in [-0.39, 0.29) is 22.4 Å². The fourth-order valence-corrected chi connectivity index (χ4v) is 3.23. The van der Waals surface area contributed by atoms with E-state index in [0.29, 0.717) is 16.7 Å². The number of carbonyl (C=O) groups excluding carboxylic acids is 3. The number of esters is 2. The number of nitrogens with one attached hydrogen (secondary N) is 1. The molecule has 1 amide bonds. The van der Waals surface area contributed by atoms with Gasteiger partial charge >= 0.3 is 24.0 Å². The topological polar surface area (TPSA) is 81.7 Å². The van der Waals surface area contributed by atoms with Crippen molar-refractivity contribution in [2.75, 3.05) is 19.5 Å². The molecule has 0 aromatic heterocycles. The average molecular weight is 457 g/mol. The fraction of sp³-hybridized carbons (Fsp3) is 0.125. The minimum absolute atomic E-state index is 0.0987. The molecule has 33 heavy (non-hydrogen) atoms. The van der Waals surface area contributed by atoms with E-state index >= 15 is 0 Å². The summed E-state index contributed by atoms with van der Waals surface area (Å²) in [7, 11) is 2.42. The normalized spacial score (nSPS) is 10.9. The number of carbonyl (C=O) groups is 3. The van der Waals surface area contributed by atoms with Crippen LogP contribution in [-0.4, -0.2) is 38.2 Å². The molecule has 9 heteroatoms. The van der Waals surface area contributed by atoms with E-state index in [1.54, 1.807) is 36.4 Å². The van der Waals surface area contributed by atoms with Crippen LogP contribution >= 0.6 is 0 Å². The third-order valence-electron chi connectivity index (χ3n) is 4.74. The summed E-state index contributed by atoms with van der Waals surface area (Å²) in [5.74, 6) is -3.42. The molecule has 0 atom stereocenters. The molecule has 170 valence electrons. The summed E-state index contributed by atoms with van der Waals surface area (Å²) in [6.45, 7) is 0. The predicted molar refractivity (Wildman–Crippen MR) is 115 cm³/mol. The van der Waals surface area contributed by atoms with Gasteiger partial charge in [-0.1, -0.05) is 36.4 Å². The monoisotopic (exact) mass is 457 g/mol. The van der Waals surface area contributed by atoms with Gasteiger partial charge in [0.25, 0.3) is 0 Å². The number of alkyl halides is 3. The first-order valence-electron chi connectivity index (χ1n) is 9.54. The zero-order chi connectivity index (χ0) is 24.2. The molecule has 0 heterocycles. The SMILES string of the molecule is COC(=O)c1cc(-c2ccccc2NC(=O)C(F)(F)F)cc(-c2ccccc2C(=O)OC)c1. The molecule has 0 radical (unpaired) electrons. The van der Waals surface area contributed by atoms with E-state index < -0.39 is 24.0 Å². The second-order valence-corrected chi connectivity index (χ2v) is 6.83. The number of rotatable bonds is 5. The van der Waals surface area contributed by atoms with Gasteiger partial charge in [-0.2, -0.15) is 13.2 Å². The second kappa shape index (κ2) is 9.56. The summed E-state index contributed by atoms with van der Waals surface area (Å²) in [4.78, 5) is 36.1. The smallest absolute Gasteiger partial charge is 0.465 e.